The average molecular weight is 915 g/mol. The largest absolute Gasteiger partial charge is 0.310 e. The molecule has 0 N–H and O–H groups in total. The molecular weight excluding hydrogens is 869 g/mol. The summed E-state index contributed by atoms with van der Waals surface area (Å²) >= 11 is 0. The summed E-state index contributed by atoms with van der Waals surface area (Å²) in [5.74, 6) is 0. The molecule has 0 saturated carbocycles. The molecule has 0 radical (unpaired) electrons. The third-order valence-corrected chi connectivity index (χ3v) is 14.7. The molecule has 72 heavy (non-hydrogen) atoms. The van der Waals surface area contributed by atoms with Crippen molar-refractivity contribution in [3.05, 3.63) is 279 Å². The van der Waals surface area contributed by atoms with Gasteiger partial charge in [-0.1, -0.05) is 206 Å². The number of hydrogen-bond acceptors (Lipinski definition) is 2. The first-order chi connectivity index (χ1) is 35.7. The highest BCUT2D eigenvalue weighted by Gasteiger charge is 2.23. The highest BCUT2D eigenvalue weighted by molar-refractivity contribution is 6.34. The fourth-order valence-corrected chi connectivity index (χ4v) is 11.6. The van der Waals surface area contributed by atoms with Crippen molar-refractivity contribution in [3.63, 3.8) is 0 Å². The van der Waals surface area contributed by atoms with E-state index in [2.05, 4.69) is 289 Å². The summed E-state index contributed by atoms with van der Waals surface area (Å²) in [4.78, 5) is 4.74. The van der Waals surface area contributed by atoms with E-state index in [1.807, 2.05) is 0 Å². The summed E-state index contributed by atoms with van der Waals surface area (Å²) in [6, 6.07) is 102. The summed E-state index contributed by atoms with van der Waals surface area (Å²) in [7, 11) is 0. The molecule has 14 aromatic rings. The Bertz CT molecular complexity index is 4160. The van der Waals surface area contributed by atoms with E-state index in [4.69, 9.17) is 0 Å². The molecular formula is C70H46N2. The van der Waals surface area contributed by atoms with Crippen LogP contribution in [0.3, 0.4) is 0 Å². The lowest BCUT2D eigenvalue weighted by Crippen LogP contribution is -2.10. The zero-order chi connectivity index (χ0) is 47.5. The summed E-state index contributed by atoms with van der Waals surface area (Å²) < 4.78 is 0. The molecule has 14 rings (SSSR count). The third-order valence-electron chi connectivity index (χ3n) is 14.7. The van der Waals surface area contributed by atoms with Crippen LogP contribution in [-0.4, -0.2) is 0 Å². The van der Waals surface area contributed by atoms with E-state index >= 15 is 0 Å². The van der Waals surface area contributed by atoms with Gasteiger partial charge < -0.3 is 9.80 Å². The predicted molar refractivity (Wildman–Crippen MR) is 308 cm³/mol. The fraction of sp³-hybridized carbons (Fsp3) is 0. The predicted octanol–water partition coefficient (Wildman–Crippen LogP) is 20.0. The third kappa shape index (κ3) is 6.80. The van der Waals surface area contributed by atoms with Crippen LogP contribution in [0.15, 0.2) is 279 Å². The maximum absolute atomic E-state index is 2.42. The molecule has 2 nitrogen and oxygen atoms in total. The number of hydrogen-bond donors (Lipinski definition) is 0. The molecule has 0 unspecified atom stereocenters. The minimum atomic E-state index is 1.09. The summed E-state index contributed by atoms with van der Waals surface area (Å²) in [5.41, 5.74) is 13.8. The lowest BCUT2D eigenvalue weighted by Gasteiger charge is -2.28. The van der Waals surface area contributed by atoms with Crippen LogP contribution < -0.4 is 9.80 Å². The molecule has 0 aliphatic heterocycles. The van der Waals surface area contributed by atoms with E-state index in [-0.39, 0.29) is 0 Å². The summed E-state index contributed by atoms with van der Waals surface area (Å²) in [6.45, 7) is 0. The lowest BCUT2D eigenvalue weighted by atomic mass is 9.84. The average Bonchev–Trinajstić information content (AvgIpc) is 3.45. The van der Waals surface area contributed by atoms with Gasteiger partial charge >= 0.3 is 0 Å². The van der Waals surface area contributed by atoms with Crippen LogP contribution >= 0.6 is 0 Å². The first kappa shape index (κ1) is 41.5. The summed E-state index contributed by atoms with van der Waals surface area (Å²) in [5, 5.41) is 15.2. The minimum Gasteiger partial charge on any atom is -0.310 e. The van der Waals surface area contributed by atoms with E-state index < -0.39 is 0 Å². The molecule has 0 saturated heterocycles. The molecule has 0 aliphatic rings. The molecule has 0 amide bonds. The van der Waals surface area contributed by atoms with Crippen LogP contribution in [0.2, 0.25) is 0 Å². The van der Waals surface area contributed by atoms with Gasteiger partial charge in [-0.05, 0) is 171 Å². The first-order valence-corrected chi connectivity index (χ1v) is 24.8. The Kier molecular flexibility index (Phi) is 9.89. The number of fused-ring (bicyclic) bond motifs is 4. The molecule has 0 fully saturated rings. The highest BCUT2D eigenvalue weighted by Crippen LogP contribution is 2.49. The van der Waals surface area contributed by atoms with Gasteiger partial charge in [0.05, 0.1) is 0 Å². The number of rotatable bonds is 9. The molecule has 336 valence electrons. The zero-order valence-corrected chi connectivity index (χ0v) is 39.5. The standard InChI is InChI=1S/C70H46N2/c1-6-19-48(20-7-1)68-63-41-39-56(72(53-27-12-4-13-28-53)54-29-14-5-15-30-54)46-66(63)69(64-42-40-55(45-65(64)68)71(51-23-8-2-9-24-51)52-25-10-3-11-26-52)50-37-35-47(36-38-50)57-43-44-62-60-32-17-22-49-21-16-31-59(67(49)60)61-34-18-33-58(57)70(61)62/h1-46H. The van der Waals surface area contributed by atoms with Crippen molar-refractivity contribution in [2.24, 2.45) is 0 Å². The van der Waals surface area contributed by atoms with Gasteiger partial charge in [0.2, 0.25) is 0 Å². The van der Waals surface area contributed by atoms with E-state index in [9.17, 15) is 0 Å². The van der Waals surface area contributed by atoms with Gasteiger partial charge in [0.15, 0.2) is 0 Å². The van der Waals surface area contributed by atoms with E-state index in [1.165, 1.54) is 92.5 Å². The van der Waals surface area contributed by atoms with Gasteiger partial charge in [0.25, 0.3) is 0 Å². The molecule has 0 spiro atoms. The first-order valence-electron chi connectivity index (χ1n) is 24.8. The van der Waals surface area contributed by atoms with E-state index in [0.29, 0.717) is 0 Å². The van der Waals surface area contributed by atoms with Crippen molar-refractivity contribution >= 4 is 98.8 Å². The van der Waals surface area contributed by atoms with Crippen molar-refractivity contribution in [1.82, 2.24) is 0 Å². The normalized spacial score (nSPS) is 11.6. The van der Waals surface area contributed by atoms with Crippen LogP contribution in [0.25, 0.3) is 98.0 Å². The van der Waals surface area contributed by atoms with E-state index in [0.717, 1.165) is 39.7 Å². The Balaban J connectivity index is 1.02. The fourth-order valence-electron chi connectivity index (χ4n) is 11.6. The van der Waals surface area contributed by atoms with Crippen LogP contribution in [0.4, 0.5) is 34.1 Å². The zero-order valence-electron chi connectivity index (χ0n) is 39.5. The van der Waals surface area contributed by atoms with Crippen LogP contribution in [0.5, 0.6) is 0 Å². The molecule has 0 atom stereocenters. The van der Waals surface area contributed by atoms with Gasteiger partial charge in [0.1, 0.15) is 0 Å². The second-order valence-electron chi connectivity index (χ2n) is 18.8. The number of nitrogens with zero attached hydrogens (tertiary/aromatic N) is 2. The number of benzene rings is 14. The molecule has 0 aromatic heterocycles. The number of anilines is 6. The Morgan fingerprint density at radius 3 is 1.03 bits per heavy atom. The topological polar surface area (TPSA) is 6.48 Å². The van der Waals surface area contributed by atoms with Crippen LogP contribution in [0, 0.1) is 0 Å². The SMILES string of the molecule is c1ccc(-c2c3ccc(N(c4ccccc4)c4ccccc4)cc3c(-c3ccc(-c4ccc5c6cccc7cccc(c8cccc4c85)c76)cc3)c3ccc(N(c4ccccc4)c4ccccc4)cc23)cc1. The second-order valence-corrected chi connectivity index (χ2v) is 18.8. The van der Waals surface area contributed by atoms with Crippen molar-refractivity contribution in [2.45, 2.75) is 0 Å². The van der Waals surface area contributed by atoms with Gasteiger partial charge in [-0.3, -0.25) is 0 Å². The minimum absolute atomic E-state index is 1.09. The highest BCUT2D eigenvalue weighted by atomic mass is 15.1. The van der Waals surface area contributed by atoms with Crippen LogP contribution in [0.1, 0.15) is 0 Å². The van der Waals surface area contributed by atoms with Crippen molar-refractivity contribution in [1.29, 1.82) is 0 Å². The van der Waals surface area contributed by atoms with Gasteiger partial charge in [0, 0.05) is 34.1 Å². The maximum atomic E-state index is 2.42. The van der Waals surface area contributed by atoms with Crippen molar-refractivity contribution in [3.8, 4) is 33.4 Å². The monoisotopic (exact) mass is 914 g/mol. The van der Waals surface area contributed by atoms with Gasteiger partial charge in [-0.15, -0.1) is 0 Å². The van der Waals surface area contributed by atoms with Crippen molar-refractivity contribution < 1.29 is 0 Å². The second kappa shape index (κ2) is 17.2. The Morgan fingerprint density at radius 2 is 0.556 bits per heavy atom. The quantitative estimate of drug-likeness (QED) is 0.105. The Labute approximate surface area is 418 Å². The van der Waals surface area contributed by atoms with Crippen molar-refractivity contribution in [2.75, 3.05) is 9.80 Å². The Hall–Kier alpha value is -9.50. The van der Waals surface area contributed by atoms with Crippen LogP contribution in [-0.2, 0) is 0 Å². The molecule has 0 aliphatic carbocycles. The molecule has 14 aromatic carbocycles. The van der Waals surface area contributed by atoms with Gasteiger partial charge in [-0.25, -0.2) is 0 Å². The molecule has 2 heteroatoms. The number of para-hydroxylation sites is 4. The summed E-state index contributed by atoms with van der Waals surface area (Å²) in [6.07, 6.45) is 0. The molecule has 0 bridgehead atoms. The van der Waals surface area contributed by atoms with Gasteiger partial charge in [-0.2, -0.15) is 0 Å². The van der Waals surface area contributed by atoms with E-state index in [1.54, 1.807) is 0 Å². The smallest absolute Gasteiger partial charge is 0.0468 e. The lowest BCUT2D eigenvalue weighted by molar-refractivity contribution is 1.29. The molecule has 0 heterocycles. The Morgan fingerprint density at radius 1 is 0.194 bits per heavy atom. The maximum Gasteiger partial charge on any atom is 0.0468 e.